The molecule has 1 saturated carbocycles. The fraction of sp³-hybridized carbons (Fsp3) is 0.727. The molecule has 1 heterocycles. The van der Waals surface area contributed by atoms with Crippen LogP contribution < -0.4 is 10.5 Å². The first-order chi connectivity index (χ1) is 9.05. The number of rotatable bonds is 6. The van der Waals surface area contributed by atoms with E-state index in [4.69, 9.17) is 5.73 Å². The Kier molecular flexibility index (Phi) is 4.88. The van der Waals surface area contributed by atoms with Crippen LogP contribution in [0.1, 0.15) is 19.3 Å². The maximum absolute atomic E-state index is 12.2. The molecule has 0 saturated heterocycles. The molecule has 1 aromatic rings. The molecule has 1 aromatic heterocycles. The van der Waals surface area contributed by atoms with Crippen molar-refractivity contribution in [3.05, 3.63) is 12.4 Å². The van der Waals surface area contributed by atoms with Gasteiger partial charge in [-0.1, -0.05) is 0 Å². The number of nitrogens with one attached hydrogen (secondary N) is 1. The minimum absolute atomic E-state index is 0.0420. The number of nitrogens with two attached hydrogens (primary N) is 1. The van der Waals surface area contributed by atoms with Crippen molar-refractivity contribution in [1.29, 1.82) is 0 Å². The molecule has 0 bridgehead atoms. The van der Waals surface area contributed by atoms with E-state index in [1.807, 2.05) is 0 Å². The summed E-state index contributed by atoms with van der Waals surface area (Å²) in [5.74, 6) is 0. The SMILES string of the molecule is CSC1CCC(NS(=O)(=O)c2cnn(CCN)c2)C1. The highest BCUT2D eigenvalue weighted by Crippen LogP contribution is 2.29. The monoisotopic (exact) mass is 304 g/mol. The Morgan fingerprint density at radius 2 is 2.37 bits per heavy atom. The van der Waals surface area contributed by atoms with Gasteiger partial charge in [0.2, 0.25) is 10.0 Å². The van der Waals surface area contributed by atoms with Gasteiger partial charge in [0.1, 0.15) is 4.90 Å². The summed E-state index contributed by atoms with van der Waals surface area (Å²) in [5.41, 5.74) is 5.41. The number of hydrogen-bond acceptors (Lipinski definition) is 5. The van der Waals surface area contributed by atoms with E-state index in [2.05, 4.69) is 16.1 Å². The fourth-order valence-corrected chi connectivity index (χ4v) is 4.32. The number of hydrogen-bond donors (Lipinski definition) is 2. The summed E-state index contributed by atoms with van der Waals surface area (Å²) < 4.78 is 28.7. The van der Waals surface area contributed by atoms with E-state index in [0.717, 1.165) is 19.3 Å². The van der Waals surface area contributed by atoms with E-state index in [1.165, 1.54) is 12.4 Å². The van der Waals surface area contributed by atoms with Crippen LogP contribution in [0.25, 0.3) is 0 Å². The van der Waals surface area contributed by atoms with Crippen LogP contribution >= 0.6 is 11.8 Å². The second kappa shape index (κ2) is 6.25. The van der Waals surface area contributed by atoms with Crippen molar-refractivity contribution < 1.29 is 8.42 Å². The molecule has 1 fully saturated rings. The molecule has 8 heteroatoms. The standard InChI is InChI=1S/C11H20N4O2S2/c1-18-10-3-2-9(6-10)14-19(16,17)11-7-13-15(8-11)5-4-12/h7-10,14H,2-6,12H2,1H3. The van der Waals surface area contributed by atoms with E-state index >= 15 is 0 Å². The van der Waals surface area contributed by atoms with Crippen LogP contribution in [0.3, 0.4) is 0 Å². The maximum Gasteiger partial charge on any atom is 0.243 e. The molecular weight excluding hydrogens is 284 g/mol. The topological polar surface area (TPSA) is 90.0 Å². The van der Waals surface area contributed by atoms with Crippen molar-refractivity contribution in [2.45, 2.75) is 42.0 Å². The van der Waals surface area contributed by atoms with Crippen molar-refractivity contribution in [1.82, 2.24) is 14.5 Å². The van der Waals surface area contributed by atoms with E-state index < -0.39 is 10.0 Å². The Labute approximate surface area is 118 Å². The van der Waals surface area contributed by atoms with Gasteiger partial charge in [-0.05, 0) is 25.5 Å². The quantitative estimate of drug-likeness (QED) is 0.794. The Balaban J connectivity index is 2.01. The van der Waals surface area contributed by atoms with Crippen LogP contribution in [0.15, 0.2) is 17.3 Å². The first-order valence-electron chi connectivity index (χ1n) is 6.33. The highest BCUT2D eigenvalue weighted by atomic mass is 32.2. The molecule has 2 unspecified atom stereocenters. The minimum atomic E-state index is -3.46. The summed E-state index contributed by atoms with van der Waals surface area (Å²) in [6.07, 6.45) is 7.84. The molecule has 108 valence electrons. The molecule has 0 aliphatic heterocycles. The normalized spacial score (nSPS) is 23.9. The van der Waals surface area contributed by atoms with Gasteiger partial charge in [-0.3, -0.25) is 4.68 Å². The van der Waals surface area contributed by atoms with Crippen molar-refractivity contribution in [2.24, 2.45) is 5.73 Å². The summed E-state index contributed by atoms with van der Waals surface area (Å²) in [5, 5.41) is 4.55. The van der Waals surface area contributed by atoms with Crippen molar-refractivity contribution in [3.8, 4) is 0 Å². The van der Waals surface area contributed by atoms with Gasteiger partial charge in [-0.15, -0.1) is 0 Å². The van der Waals surface area contributed by atoms with Crippen LogP contribution in [0, 0.1) is 0 Å². The predicted molar refractivity (Wildman–Crippen MR) is 76.5 cm³/mol. The number of nitrogens with zero attached hydrogens (tertiary/aromatic N) is 2. The molecule has 0 radical (unpaired) electrons. The lowest BCUT2D eigenvalue weighted by molar-refractivity contribution is 0.552. The molecular formula is C11H20N4O2S2. The molecule has 3 N–H and O–H groups in total. The minimum Gasteiger partial charge on any atom is -0.329 e. The molecule has 1 aliphatic carbocycles. The lowest BCUT2D eigenvalue weighted by atomic mass is 10.3. The second-order valence-corrected chi connectivity index (χ2v) is 7.57. The largest absolute Gasteiger partial charge is 0.329 e. The maximum atomic E-state index is 12.2. The molecule has 0 spiro atoms. The van der Waals surface area contributed by atoms with Crippen molar-refractivity contribution in [3.63, 3.8) is 0 Å². The van der Waals surface area contributed by atoms with E-state index in [0.29, 0.717) is 18.3 Å². The predicted octanol–water partition coefficient (Wildman–Crippen LogP) is 0.404. The highest BCUT2D eigenvalue weighted by Gasteiger charge is 2.28. The summed E-state index contributed by atoms with van der Waals surface area (Å²) in [4.78, 5) is 0.216. The summed E-state index contributed by atoms with van der Waals surface area (Å²) in [6, 6.07) is 0.0420. The molecule has 2 rings (SSSR count). The highest BCUT2D eigenvalue weighted by molar-refractivity contribution is 7.99. The third-order valence-corrected chi connectivity index (χ3v) is 5.89. The van der Waals surface area contributed by atoms with Gasteiger partial charge < -0.3 is 5.73 Å². The molecule has 0 aromatic carbocycles. The van der Waals surface area contributed by atoms with Crippen LogP contribution in [0.4, 0.5) is 0 Å². The molecule has 1 aliphatic rings. The Bertz CT molecular complexity index is 515. The van der Waals surface area contributed by atoms with Gasteiger partial charge in [-0.25, -0.2) is 13.1 Å². The van der Waals surface area contributed by atoms with Gasteiger partial charge in [0.25, 0.3) is 0 Å². The van der Waals surface area contributed by atoms with Gasteiger partial charge in [0.15, 0.2) is 0 Å². The molecule has 2 atom stereocenters. The zero-order chi connectivity index (χ0) is 13.9. The lowest BCUT2D eigenvalue weighted by Crippen LogP contribution is -2.33. The van der Waals surface area contributed by atoms with Gasteiger partial charge >= 0.3 is 0 Å². The fourth-order valence-electron chi connectivity index (χ4n) is 2.29. The average Bonchev–Trinajstić information content (AvgIpc) is 2.98. The average molecular weight is 304 g/mol. The third-order valence-electron chi connectivity index (χ3n) is 3.32. The Morgan fingerprint density at radius 3 is 3.00 bits per heavy atom. The first-order valence-corrected chi connectivity index (χ1v) is 9.10. The molecule has 0 amide bonds. The van der Waals surface area contributed by atoms with Crippen LogP contribution in [0.2, 0.25) is 0 Å². The van der Waals surface area contributed by atoms with Crippen molar-refractivity contribution in [2.75, 3.05) is 12.8 Å². The van der Waals surface area contributed by atoms with Gasteiger partial charge in [-0.2, -0.15) is 16.9 Å². The van der Waals surface area contributed by atoms with Crippen molar-refractivity contribution >= 4 is 21.8 Å². The Hall–Kier alpha value is -0.570. The number of thioether (sulfide) groups is 1. The third kappa shape index (κ3) is 3.71. The van der Waals surface area contributed by atoms with Crippen LogP contribution in [-0.4, -0.2) is 42.3 Å². The lowest BCUT2D eigenvalue weighted by Gasteiger charge is -2.12. The second-order valence-electron chi connectivity index (χ2n) is 4.72. The number of aromatic nitrogens is 2. The first kappa shape index (κ1) is 14.8. The Morgan fingerprint density at radius 1 is 1.58 bits per heavy atom. The van der Waals surface area contributed by atoms with Crippen LogP contribution in [0.5, 0.6) is 0 Å². The summed E-state index contributed by atoms with van der Waals surface area (Å²) >= 11 is 1.80. The van der Waals surface area contributed by atoms with Gasteiger partial charge in [0.05, 0.1) is 12.7 Å². The van der Waals surface area contributed by atoms with Gasteiger partial charge in [0, 0.05) is 24.0 Å². The zero-order valence-electron chi connectivity index (χ0n) is 10.9. The molecule has 6 nitrogen and oxygen atoms in total. The van der Waals surface area contributed by atoms with E-state index in [1.54, 1.807) is 16.4 Å². The zero-order valence-corrected chi connectivity index (χ0v) is 12.6. The summed E-state index contributed by atoms with van der Waals surface area (Å²) in [7, 11) is -3.46. The number of sulfonamides is 1. The van der Waals surface area contributed by atoms with E-state index in [-0.39, 0.29) is 10.9 Å². The summed E-state index contributed by atoms with van der Waals surface area (Å²) in [6.45, 7) is 0.958. The van der Waals surface area contributed by atoms with Crippen LogP contribution in [-0.2, 0) is 16.6 Å². The molecule has 19 heavy (non-hydrogen) atoms. The smallest absolute Gasteiger partial charge is 0.243 e. The van der Waals surface area contributed by atoms with E-state index in [9.17, 15) is 8.42 Å².